The third-order valence-electron chi connectivity index (χ3n) is 4.18. The molecule has 1 unspecified atom stereocenters. The number of nitrogens with zero attached hydrogens (tertiary/aromatic N) is 2. The van der Waals surface area contributed by atoms with Crippen molar-refractivity contribution in [2.24, 2.45) is 0 Å². The maximum Gasteiger partial charge on any atom is 0.152 e. The van der Waals surface area contributed by atoms with Gasteiger partial charge in [-0.3, -0.25) is 4.90 Å². The van der Waals surface area contributed by atoms with Crippen LogP contribution in [0.5, 0.6) is 0 Å². The van der Waals surface area contributed by atoms with Gasteiger partial charge in [0.05, 0.1) is 26.2 Å². The maximum absolute atomic E-state index is 2.69. The summed E-state index contributed by atoms with van der Waals surface area (Å²) < 4.78 is 2.30. The van der Waals surface area contributed by atoms with Crippen molar-refractivity contribution in [3.05, 3.63) is 0 Å². The summed E-state index contributed by atoms with van der Waals surface area (Å²) in [6, 6.07) is 0. The van der Waals surface area contributed by atoms with E-state index >= 15 is 0 Å². The Kier molecular flexibility index (Phi) is 6.84. The summed E-state index contributed by atoms with van der Waals surface area (Å²) in [5.41, 5.74) is 0. The zero-order valence-corrected chi connectivity index (χ0v) is 14.8. The van der Waals surface area contributed by atoms with E-state index in [1.165, 1.54) is 69.4 Å². The Morgan fingerprint density at radius 3 is 2.44 bits per heavy atom. The molecule has 0 N–H and O–H groups in total. The lowest BCUT2D eigenvalue weighted by Gasteiger charge is -2.54. The molecular formula is C12H25I2N2+. The number of piperazine rings is 3. The van der Waals surface area contributed by atoms with Crippen LogP contribution in [0.3, 0.4) is 0 Å². The molecule has 0 aliphatic carbocycles. The van der Waals surface area contributed by atoms with E-state index in [0.29, 0.717) is 0 Å². The van der Waals surface area contributed by atoms with Crippen molar-refractivity contribution in [1.29, 1.82) is 0 Å². The minimum absolute atomic E-state index is 0. The molecule has 1 atom stereocenters. The van der Waals surface area contributed by atoms with Crippen molar-refractivity contribution in [3.8, 4) is 0 Å². The number of quaternary nitrogens is 1. The fraction of sp³-hybridized carbons (Fsp3) is 1.00. The summed E-state index contributed by atoms with van der Waals surface area (Å²) >= 11 is 2.69. The molecule has 3 fully saturated rings. The standard InChI is InChI=1S/C12H24IN2.HI/c1-2-3-4-5-8-15-9-6-14(7-10-15)11-12(15)13;/h12H,2-11H2,1H3;1H/q+1;. The first-order valence-electron chi connectivity index (χ1n) is 6.49. The first kappa shape index (κ1) is 15.4. The quantitative estimate of drug-likeness (QED) is 0.204. The highest BCUT2D eigenvalue weighted by Gasteiger charge is 2.44. The number of alkyl halides is 1. The molecule has 0 aromatic heterocycles. The molecule has 4 heteroatoms. The second-order valence-electron chi connectivity index (χ2n) is 5.19. The normalized spacial score (nSPS) is 37.1. The van der Waals surface area contributed by atoms with Crippen molar-refractivity contribution >= 4 is 46.6 Å². The zero-order valence-electron chi connectivity index (χ0n) is 10.3. The second-order valence-corrected chi connectivity index (χ2v) is 6.62. The van der Waals surface area contributed by atoms with Gasteiger partial charge in [0, 0.05) is 13.1 Å². The molecule has 0 saturated carbocycles. The molecule has 3 saturated heterocycles. The minimum Gasteiger partial charge on any atom is -0.310 e. The number of unbranched alkanes of at least 4 members (excludes halogenated alkanes) is 3. The lowest BCUT2D eigenvalue weighted by atomic mass is 10.1. The topological polar surface area (TPSA) is 3.24 Å². The zero-order chi connectivity index (χ0) is 10.7. The molecule has 96 valence electrons. The van der Waals surface area contributed by atoms with Crippen LogP contribution in [0.4, 0.5) is 0 Å². The van der Waals surface area contributed by atoms with Gasteiger partial charge < -0.3 is 4.48 Å². The Bertz CT molecular complexity index is 203. The summed E-state index contributed by atoms with van der Waals surface area (Å²) in [4.78, 5) is 2.64. The minimum atomic E-state index is 0. The fourth-order valence-electron chi connectivity index (χ4n) is 2.97. The van der Waals surface area contributed by atoms with Crippen molar-refractivity contribution in [1.82, 2.24) is 4.90 Å². The van der Waals surface area contributed by atoms with E-state index in [-0.39, 0.29) is 24.0 Å². The number of hydrogen-bond donors (Lipinski definition) is 0. The Hall–Kier alpha value is 1.38. The maximum atomic E-state index is 2.69. The van der Waals surface area contributed by atoms with E-state index in [1.54, 1.807) is 0 Å². The monoisotopic (exact) mass is 451 g/mol. The smallest absolute Gasteiger partial charge is 0.152 e. The van der Waals surface area contributed by atoms with E-state index in [0.717, 1.165) is 4.05 Å². The molecule has 16 heavy (non-hydrogen) atoms. The van der Waals surface area contributed by atoms with Gasteiger partial charge in [0.2, 0.25) is 0 Å². The van der Waals surface area contributed by atoms with Gasteiger partial charge in [0.15, 0.2) is 4.05 Å². The highest BCUT2D eigenvalue weighted by Crippen LogP contribution is 2.30. The van der Waals surface area contributed by atoms with Crippen LogP contribution in [0.2, 0.25) is 0 Å². The highest BCUT2D eigenvalue weighted by molar-refractivity contribution is 14.1. The summed E-state index contributed by atoms with van der Waals surface area (Å²) in [6.07, 6.45) is 5.69. The average Bonchev–Trinajstić information content (AvgIpc) is 2.27. The summed E-state index contributed by atoms with van der Waals surface area (Å²) in [7, 11) is 0. The van der Waals surface area contributed by atoms with Crippen LogP contribution >= 0.6 is 46.6 Å². The third kappa shape index (κ3) is 3.45. The van der Waals surface area contributed by atoms with Crippen molar-refractivity contribution in [2.45, 2.75) is 36.7 Å². The van der Waals surface area contributed by atoms with E-state index in [9.17, 15) is 0 Å². The van der Waals surface area contributed by atoms with Crippen LogP contribution in [-0.2, 0) is 0 Å². The van der Waals surface area contributed by atoms with Gasteiger partial charge in [-0.2, -0.15) is 0 Å². The van der Waals surface area contributed by atoms with E-state index in [2.05, 4.69) is 34.4 Å². The van der Waals surface area contributed by atoms with Gasteiger partial charge >= 0.3 is 0 Å². The number of hydrogen-bond acceptors (Lipinski definition) is 1. The molecule has 0 radical (unpaired) electrons. The van der Waals surface area contributed by atoms with Crippen molar-refractivity contribution in [3.63, 3.8) is 0 Å². The number of fused-ring (bicyclic) bond motifs is 3. The van der Waals surface area contributed by atoms with Crippen LogP contribution in [0, 0.1) is 0 Å². The van der Waals surface area contributed by atoms with Gasteiger partial charge in [-0.1, -0.05) is 19.8 Å². The van der Waals surface area contributed by atoms with E-state index in [4.69, 9.17) is 0 Å². The van der Waals surface area contributed by atoms with Crippen LogP contribution in [0.1, 0.15) is 32.6 Å². The molecule has 3 rings (SSSR count). The van der Waals surface area contributed by atoms with Crippen LogP contribution < -0.4 is 0 Å². The molecule has 0 amide bonds. The van der Waals surface area contributed by atoms with Gasteiger partial charge in [0.25, 0.3) is 0 Å². The molecule has 0 aromatic rings. The average molecular weight is 451 g/mol. The summed E-state index contributed by atoms with van der Waals surface area (Å²) in [5, 5.41) is 0. The molecule has 3 aliphatic rings. The second kappa shape index (κ2) is 7.09. The van der Waals surface area contributed by atoms with Gasteiger partial charge in [-0.05, 0) is 35.4 Å². The number of halogens is 2. The fourth-order valence-corrected chi connectivity index (χ4v) is 4.36. The largest absolute Gasteiger partial charge is 0.310 e. The van der Waals surface area contributed by atoms with Gasteiger partial charge in [-0.15, -0.1) is 24.0 Å². The predicted octanol–water partition coefficient (Wildman–Crippen LogP) is 3.09. The SMILES string of the molecule is CCCCCC[N+]12CCN(CC1)CC2I.I. The number of rotatable bonds is 5. The van der Waals surface area contributed by atoms with Gasteiger partial charge in [-0.25, -0.2) is 0 Å². The van der Waals surface area contributed by atoms with E-state index in [1.807, 2.05) is 0 Å². The molecule has 3 heterocycles. The summed E-state index contributed by atoms with van der Waals surface area (Å²) in [6.45, 7) is 10.6. The lowest BCUT2D eigenvalue weighted by Crippen LogP contribution is -2.70. The first-order chi connectivity index (χ1) is 7.27. The molecule has 0 aromatic carbocycles. The molecule has 0 spiro atoms. The Balaban J connectivity index is 0.00000128. The molecule has 3 aliphatic heterocycles. The molecule has 2 bridgehead atoms. The predicted molar refractivity (Wildman–Crippen MR) is 88.7 cm³/mol. The first-order valence-corrected chi connectivity index (χ1v) is 7.73. The van der Waals surface area contributed by atoms with Crippen LogP contribution in [-0.4, -0.2) is 52.7 Å². The molecule has 2 nitrogen and oxygen atoms in total. The lowest BCUT2D eigenvalue weighted by molar-refractivity contribution is -0.946. The molecular weight excluding hydrogens is 426 g/mol. The van der Waals surface area contributed by atoms with Gasteiger partial charge in [0.1, 0.15) is 0 Å². The van der Waals surface area contributed by atoms with E-state index < -0.39 is 0 Å². The Labute approximate surface area is 131 Å². The van der Waals surface area contributed by atoms with Crippen LogP contribution in [0.25, 0.3) is 0 Å². The van der Waals surface area contributed by atoms with Crippen LogP contribution in [0.15, 0.2) is 0 Å². The summed E-state index contributed by atoms with van der Waals surface area (Å²) in [5.74, 6) is 0. The third-order valence-corrected chi connectivity index (χ3v) is 5.76. The Morgan fingerprint density at radius 2 is 1.88 bits per heavy atom. The van der Waals surface area contributed by atoms with Crippen molar-refractivity contribution < 1.29 is 4.48 Å². The highest BCUT2D eigenvalue weighted by atomic mass is 127. The Morgan fingerprint density at radius 1 is 1.19 bits per heavy atom. The van der Waals surface area contributed by atoms with Crippen molar-refractivity contribution in [2.75, 3.05) is 39.3 Å².